The summed E-state index contributed by atoms with van der Waals surface area (Å²) in [6.07, 6.45) is 4.02. The molecular weight excluding hydrogens is 150 g/mol. The zero-order valence-corrected chi connectivity index (χ0v) is 8.39. The van der Waals surface area contributed by atoms with E-state index < -0.39 is 0 Å². The van der Waals surface area contributed by atoms with Gasteiger partial charge in [-0.25, -0.2) is 0 Å². The Morgan fingerprint density at radius 1 is 1.42 bits per heavy atom. The van der Waals surface area contributed by atoms with Gasteiger partial charge in [0.25, 0.3) is 0 Å². The highest BCUT2D eigenvalue weighted by Gasteiger charge is 2.48. The van der Waals surface area contributed by atoms with Gasteiger partial charge in [-0.15, -0.1) is 0 Å². The molecule has 1 saturated heterocycles. The van der Waals surface area contributed by atoms with Crippen molar-refractivity contribution < 1.29 is 4.79 Å². The van der Waals surface area contributed by atoms with Crippen molar-refractivity contribution in [2.75, 3.05) is 6.54 Å². The van der Waals surface area contributed by atoms with Gasteiger partial charge in [0.15, 0.2) is 0 Å². The Bertz CT molecular complexity index is 179. The van der Waals surface area contributed by atoms with Crippen LogP contribution in [0.3, 0.4) is 0 Å². The summed E-state index contributed by atoms with van der Waals surface area (Å²) < 4.78 is 0. The number of amides is 1. The Morgan fingerprint density at radius 2 is 2.08 bits per heavy atom. The molecule has 0 aromatic rings. The number of hydrogen-bond acceptors (Lipinski definition) is 1. The standard InChI is InChI=1S/C10H19NO/c1-4-6-9(12)11-8-10(11,3)7-5-2/h4-8H2,1-3H3. The van der Waals surface area contributed by atoms with Crippen LogP contribution in [0.2, 0.25) is 0 Å². The summed E-state index contributed by atoms with van der Waals surface area (Å²) in [5.41, 5.74) is 0.223. The van der Waals surface area contributed by atoms with Crippen LogP contribution < -0.4 is 0 Å². The van der Waals surface area contributed by atoms with Crippen LogP contribution in [0.5, 0.6) is 0 Å². The van der Waals surface area contributed by atoms with Gasteiger partial charge in [0.2, 0.25) is 5.91 Å². The van der Waals surface area contributed by atoms with Crippen molar-refractivity contribution >= 4 is 5.91 Å². The van der Waals surface area contributed by atoms with Crippen LogP contribution in [0.25, 0.3) is 0 Å². The first-order valence-electron chi connectivity index (χ1n) is 4.94. The van der Waals surface area contributed by atoms with Gasteiger partial charge in [-0.2, -0.15) is 0 Å². The molecule has 0 bridgehead atoms. The molecule has 1 atom stereocenters. The molecule has 0 radical (unpaired) electrons. The minimum Gasteiger partial charge on any atom is -0.333 e. The van der Waals surface area contributed by atoms with Gasteiger partial charge in [-0.05, 0) is 19.8 Å². The van der Waals surface area contributed by atoms with E-state index in [1.807, 2.05) is 4.90 Å². The predicted octanol–water partition coefficient (Wildman–Crippen LogP) is 2.19. The molecular formula is C10H19NO. The summed E-state index contributed by atoms with van der Waals surface area (Å²) in [6.45, 7) is 7.40. The van der Waals surface area contributed by atoms with Crippen LogP contribution in [0.15, 0.2) is 0 Å². The molecule has 0 aliphatic carbocycles. The van der Waals surface area contributed by atoms with E-state index in [9.17, 15) is 4.79 Å². The van der Waals surface area contributed by atoms with Gasteiger partial charge in [0.1, 0.15) is 0 Å². The van der Waals surface area contributed by atoms with E-state index >= 15 is 0 Å². The van der Waals surface area contributed by atoms with Crippen LogP contribution in [0, 0.1) is 0 Å². The highest BCUT2D eigenvalue weighted by atomic mass is 16.2. The van der Waals surface area contributed by atoms with Gasteiger partial charge in [0, 0.05) is 13.0 Å². The number of carbonyl (C=O) groups excluding carboxylic acids is 1. The van der Waals surface area contributed by atoms with Gasteiger partial charge in [-0.3, -0.25) is 4.79 Å². The second kappa shape index (κ2) is 3.46. The van der Waals surface area contributed by atoms with E-state index in [1.54, 1.807) is 0 Å². The lowest BCUT2D eigenvalue weighted by Crippen LogP contribution is -2.19. The normalized spacial score (nSPS) is 27.4. The Labute approximate surface area is 74.9 Å². The Hall–Kier alpha value is -0.530. The molecule has 0 saturated carbocycles. The van der Waals surface area contributed by atoms with E-state index in [-0.39, 0.29) is 5.54 Å². The van der Waals surface area contributed by atoms with Crippen LogP contribution in [0.1, 0.15) is 46.5 Å². The zero-order valence-electron chi connectivity index (χ0n) is 8.39. The van der Waals surface area contributed by atoms with Crippen LogP contribution in [-0.4, -0.2) is 22.9 Å². The molecule has 1 amide bonds. The van der Waals surface area contributed by atoms with E-state index in [0.717, 1.165) is 25.8 Å². The number of nitrogens with zero attached hydrogens (tertiary/aromatic N) is 1. The molecule has 0 N–H and O–H groups in total. The molecule has 1 heterocycles. The largest absolute Gasteiger partial charge is 0.333 e. The minimum atomic E-state index is 0.223. The first-order valence-corrected chi connectivity index (χ1v) is 4.94. The van der Waals surface area contributed by atoms with Crippen molar-refractivity contribution in [2.24, 2.45) is 0 Å². The highest BCUT2D eigenvalue weighted by molar-refractivity contribution is 5.79. The van der Waals surface area contributed by atoms with Crippen molar-refractivity contribution in [3.05, 3.63) is 0 Å². The summed E-state index contributed by atoms with van der Waals surface area (Å²) in [5.74, 6) is 0.341. The van der Waals surface area contributed by atoms with E-state index in [2.05, 4.69) is 20.8 Å². The Kier molecular flexibility index (Phi) is 2.76. The third-order valence-electron chi connectivity index (χ3n) is 2.60. The first-order chi connectivity index (χ1) is 5.64. The summed E-state index contributed by atoms with van der Waals surface area (Å²) >= 11 is 0. The quantitative estimate of drug-likeness (QED) is 0.591. The van der Waals surface area contributed by atoms with Gasteiger partial charge >= 0.3 is 0 Å². The number of rotatable bonds is 4. The Morgan fingerprint density at radius 3 is 2.58 bits per heavy atom. The Balaban J connectivity index is 2.34. The average Bonchev–Trinajstić information content (AvgIpc) is 2.64. The molecule has 2 nitrogen and oxygen atoms in total. The maximum Gasteiger partial charge on any atom is 0.223 e. The molecule has 1 rings (SSSR count). The predicted molar refractivity (Wildman–Crippen MR) is 49.9 cm³/mol. The molecule has 1 aliphatic rings. The second-order valence-corrected chi connectivity index (χ2v) is 3.98. The lowest BCUT2D eigenvalue weighted by Gasteiger charge is -2.10. The summed E-state index contributed by atoms with van der Waals surface area (Å²) in [7, 11) is 0. The van der Waals surface area contributed by atoms with Crippen molar-refractivity contribution in [1.82, 2.24) is 4.90 Å². The van der Waals surface area contributed by atoms with E-state index in [4.69, 9.17) is 0 Å². The van der Waals surface area contributed by atoms with Crippen molar-refractivity contribution in [3.8, 4) is 0 Å². The van der Waals surface area contributed by atoms with E-state index in [0.29, 0.717) is 5.91 Å². The monoisotopic (exact) mass is 169 g/mol. The highest BCUT2D eigenvalue weighted by Crippen LogP contribution is 2.36. The van der Waals surface area contributed by atoms with Crippen LogP contribution >= 0.6 is 0 Å². The smallest absolute Gasteiger partial charge is 0.223 e. The van der Waals surface area contributed by atoms with Crippen molar-refractivity contribution in [2.45, 2.75) is 52.0 Å². The van der Waals surface area contributed by atoms with Gasteiger partial charge < -0.3 is 4.90 Å². The van der Waals surface area contributed by atoms with Gasteiger partial charge in [-0.1, -0.05) is 20.3 Å². The molecule has 0 spiro atoms. The third-order valence-corrected chi connectivity index (χ3v) is 2.60. The second-order valence-electron chi connectivity index (χ2n) is 3.98. The molecule has 0 aromatic carbocycles. The first kappa shape index (κ1) is 9.56. The summed E-state index contributed by atoms with van der Waals surface area (Å²) in [6, 6.07) is 0. The molecule has 1 fully saturated rings. The van der Waals surface area contributed by atoms with Crippen LogP contribution in [0.4, 0.5) is 0 Å². The lowest BCUT2D eigenvalue weighted by atomic mass is 10.1. The fourth-order valence-corrected chi connectivity index (χ4v) is 1.80. The minimum absolute atomic E-state index is 0.223. The maximum atomic E-state index is 11.4. The molecule has 1 aliphatic heterocycles. The molecule has 1 unspecified atom stereocenters. The van der Waals surface area contributed by atoms with E-state index in [1.165, 1.54) is 6.42 Å². The van der Waals surface area contributed by atoms with Crippen molar-refractivity contribution in [3.63, 3.8) is 0 Å². The molecule has 0 aromatic heterocycles. The number of carbonyl (C=O) groups is 1. The topological polar surface area (TPSA) is 20.1 Å². The van der Waals surface area contributed by atoms with Crippen LogP contribution in [-0.2, 0) is 4.79 Å². The van der Waals surface area contributed by atoms with Gasteiger partial charge in [0.05, 0.1) is 5.54 Å². The summed E-state index contributed by atoms with van der Waals surface area (Å²) in [4.78, 5) is 13.4. The number of hydrogen-bond donors (Lipinski definition) is 0. The van der Waals surface area contributed by atoms with Crippen molar-refractivity contribution in [1.29, 1.82) is 0 Å². The maximum absolute atomic E-state index is 11.4. The summed E-state index contributed by atoms with van der Waals surface area (Å²) in [5, 5.41) is 0. The fraction of sp³-hybridized carbons (Fsp3) is 0.900. The SMILES string of the molecule is CCCC(=O)N1CC1(C)CCC. The average molecular weight is 169 g/mol. The zero-order chi connectivity index (χ0) is 9.19. The third kappa shape index (κ3) is 1.79. The molecule has 12 heavy (non-hydrogen) atoms. The molecule has 70 valence electrons. The lowest BCUT2D eigenvalue weighted by molar-refractivity contribution is -0.126. The molecule has 2 heteroatoms. The fourth-order valence-electron chi connectivity index (χ4n) is 1.80.